The van der Waals surface area contributed by atoms with Crippen molar-refractivity contribution in [3.63, 3.8) is 0 Å². The third kappa shape index (κ3) is 4.36. The van der Waals surface area contributed by atoms with E-state index in [1.165, 1.54) is 6.20 Å². The average molecular weight is 468 g/mol. The highest BCUT2D eigenvalue weighted by Crippen LogP contribution is 2.43. The van der Waals surface area contributed by atoms with E-state index >= 15 is 0 Å². The van der Waals surface area contributed by atoms with E-state index in [1.54, 1.807) is 35.2 Å². The lowest BCUT2D eigenvalue weighted by Gasteiger charge is -2.58. The molecule has 7 heteroatoms. The molecule has 3 atom stereocenters. The van der Waals surface area contributed by atoms with Gasteiger partial charge in [0.15, 0.2) is 0 Å². The van der Waals surface area contributed by atoms with Crippen molar-refractivity contribution in [2.45, 2.75) is 18.0 Å². The molecule has 1 aromatic heterocycles. The monoisotopic (exact) mass is 467 g/mol. The van der Waals surface area contributed by atoms with Gasteiger partial charge >= 0.3 is 0 Å². The summed E-state index contributed by atoms with van der Waals surface area (Å²) in [5.41, 5.74) is 3.24. The number of ether oxygens (including phenoxy) is 1. The molecule has 35 heavy (non-hydrogen) atoms. The van der Waals surface area contributed by atoms with Crippen LogP contribution in [0.2, 0.25) is 0 Å². The first kappa shape index (κ1) is 22.6. The van der Waals surface area contributed by atoms with Gasteiger partial charge in [0.25, 0.3) is 5.91 Å². The van der Waals surface area contributed by atoms with Gasteiger partial charge < -0.3 is 19.6 Å². The average Bonchev–Trinajstić information content (AvgIpc) is 2.89. The summed E-state index contributed by atoms with van der Waals surface area (Å²) in [5.74, 6) is 6.69. The fraction of sp³-hybridized carbons (Fsp3) is 0.250. The van der Waals surface area contributed by atoms with Gasteiger partial charge in [0, 0.05) is 36.0 Å². The Morgan fingerprint density at radius 3 is 2.37 bits per heavy atom. The van der Waals surface area contributed by atoms with Crippen molar-refractivity contribution in [3.05, 3.63) is 95.3 Å². The topological polar surface area (TPSA) is 83.0 Å². The highest BCUT2D eigenvalue weighted by Gasteiger charge is 2.54. The van der Waals surface area contributed by atoms with Crippen LogP contribution in [0.1, 0.15) is 33.0 Å². The number of carbonyl (C=O) groups is 2. The summed E-state index contributed by atoms with van der Waals surface area (Å²) in [6.07, 6.45) is 3.12. The van der Waals surface area contributed by atoms with Crippen molar-refractivity contribution in [1.82, 2.24) is 14.8 Å². The maximum atomic E-state index is 12.9. The van der Waals surface area contributed by atoms with Crippen molar-refractivity contribution in [2.24, 2.45) is 0 Å². The van der Waals surface area contributed by atoms with Gasteiger partial charge in [-0.3, -0.25) is 14.6 Å². The maximum absolute atomic E-state index is 12.9. The number of aliphatic hydroxyl groups is 1. The molecule has 5 rings (SSSR count). The molecule has 0 bridgehead atoms. The number of benzene rings is 2. The van der Waals surface area contributed by atoms with Crippen LogP contribution < -0.4 is 4.74 Å². The number of hydrogen-bond donors (Lipinski definition) is 1. The van der Waals surface area contributed by atoms with Gasteiger partial charge in [-0.2, -0.15) is 0 Å². The molecule has 0 aliphatic carbocycles. The lowest BCUT2D eigenvalue weighted by molar-refractivity contribution is -0.159. The molecule has 2 aliphatic rings. The second-order valence-corrected chi connectivity index (χ2v) is 8.67. The first-order valence-electron chi connectivity index (χ1n) is 11.5. The summed E-state index contributed by atoms with van der Waals surface area (Å²) in [7, 11) is 1.63. The van der Waals surface area contributed by atoms with Crippen LogP contribution in [0.25, 0.3) is 0 Å². The van der Waals surface area contributed by atoms with Crippen LogP contribution in [-0.2, 0) is 4.79 Å². The molecule has 2 aliphatic heterocycles. The lowest BCUT2D eigenvalue weighted by atomic mass is 9.73. The minimum Gasteiger partial charge on any atom is -0.497 e. The normalized spacial score (nSPS) is 20.9. The molecule has 2 aromatic carbocycles. The van der Waals surface area contributed by atoms with Crippen LogP contribution in [0.15, 0.2) is 73.1 Å². The highest BCUT2D eigenvalue weighted by atomic mass is 16.5. The largest absolute Gasteiger partial charge is 0.497 e. The zero-order valence-corrected chi connectivity index (χ0v) is 19.3. The van der Waals surface area contributed by atoms with E-state index in [1.807, 2.05) is 48.5 Å². The molecule has 0 saturated carbocycles. The number of pyridine rings is 1. The van der Waals surface area contributed by atoms with Gasteiger partial charge in [-0.1, -0.05) is 24.0 Å². The Morgan fingerprint density at radius 1 is 1.09 bits per heavy atom. The van der Waals surface area contributed by atoms with Gasteiger partial charge in [-0.05, 0) is 54.1 Å². The summed E-state index contributed by atoms with van der Waals surface area (Å²) >= 11 is 0. The Morgan fingerprint density at radius 2 is 1.77 bits per heavy atom. The second-order valence-electron chi connectivity index (χ2n) is 8.67. The summed E-state index contributed by atoms with van der Waals surface area (Å²) in [4.78, 5) is 33.1. The first-order valence-corrected chi connectivity index (χ1v) is 11.5. The number of methoxy groups -OCH3 is 1. The smallest absolute Gasteiger partial charge is 0.255 e. The van der Waals surface area contributed by atoms with E-state index in [0.717, 1.165) is 22.4 Å². The van der Waals surface area contributed by atoms with E-state index in [-0.39, 0.29) is 43.0 Å². The Bertz CT molecular complexity index is 1280. The molecule has 7 nitrogen and oxygen atoms in total. The predicted octanol–water partition coefficient (Wildman–Crippen LogP) is 2.30. The molecule has 0 spiro atoms. The number of aliphatic hydroxyl groups excluding tert-OH is 1. The SMILES string of the molecule is COc1ccc(C#Cc2ccc([C@@H]3[C@H](CO)N4C(=O)CN(C(=O)c5cccnc5)C[C@@H]34)cc2)cc1. The molecule has 2 amide bonds. The Hall–Kier alpha value is -4.15. The third-order valence-electron chi connectivity index (χ3n) is 6.68. The number of amides is 2. The molecular formula is C28H25N3O4. The number of rotatable bonds is 4. The molecular weight excluding hydrogens is 442 g/mol. The first-order chi connectivity index (χ1) is 17.1. The summed E-state index contributed by atoms with van der Waals surface area (Å²) in [6, 6.07) is 18.4. The number of aromatic nitrogens is 1. The zero-order valence-electron chi connectivity index (χ0n) is 19.3. The van der Waals surface area contributed by atoms with Crippen molar-refractivity contribution in [2.75, 3.05) is 26.8 Å². The van der Waals surface area contributed by atoms with E-state index in [4.69, 9.17) is 4.74 Å². The molecule has 176 valence electrons. The number of fused-ring (bicyclic) bond motifs is 1. The van der Waals surface area contributed by atoms with Gasteiger partial charge in [0.2, 0.25) is 5.91 Å². The van der Waals surface area contributed by atoms with Crippen LogP contribution in [0, 0.1) is 11.8 Å². The Balaban J connectivity index is 1.33. The zero-order chi connectivity index (χ0) is 24.4. The van der Waals surface area contributed by atoms with Crippen molar-refractivity contribution in [1.29, 1.82) is 0 Å². The Labute approximate surface area is 204 Å². The standard InChI is InChI=1S/C28H25N3O4/c1-35-23-12-8-20(9-13-23)5-4-19-6-10-21(11-7-19)27-24-16-30(17-26(33)31(24)25(27)18-32)28(34)22-3-2-14-29-15-22/h2-3,6-15,24-25,27,32H,16-18H2,1H3/t24-,25-,27-/m0/s1. The molecule has 2 fully saturated rings. The fourth-order valence-electron chi connectivity index (χ4n) is 4.93. The van der Waals surface area contributed by atoms with Gasteiger partial charge in [0.1, 0.15) is 12.3 Å². The third-order valence-corrected chi connectivity index (χ3v) is 6.68. The van der Waals surface area contributed by atoms with E-state index in [9.17, 15) is 14.7 Å². The molecule has 0 unspecified atom stereocenters. The molecule has 3 heterocycles. The van der Waals surface area contributed by atoms with Crippen LogP contribution in [-0.4, -0.2) is 70.6 Å². The van der Waals surface area contributed by atoms with E-state index in [0.29, 0.717) is 12.1 Å². The minimum atomic E-state index is -0.292. The summed E-state index contributed by atoms with van der Waals surface area (Å²) in [6.45, 7) is 0.301. The van der Waals surface area contributed by atoms with Crippen LogP contribution in [0.4, 0.5) is 0 Å². The number of hydrogen-bond acceptors (Lipinski definition) is 5. The van der Waals surface area contributed by atoms with Crippen LogP contribution in [0.3, 0.4) is 0 Å². The molecule has 3 aromatic rings. The van der Waals surface area contributed by atoms with Gasteiger partial charge in [-0.15, -0.1) is 0 Å². The van der Waals surface area contributed by atoms with Gasteiger partial charge in [-0.25, -0.2) is 0 Å². The van der Waals surface area contributed by atoms with Crippen molar-refractivity contribution >= 4 is 11.8 Å². The lowest BCUT2D eigenvalue weighted by Crippen LogP contribution is -2.73. The number of piperazine rings is 1. The van der Waals surface area contributed by atoms with Crippen molar-refractivity contribution in [3.8, 4) is 17.6 Å². The van der Waals surface area contributed by atoms with E-state index < -0.39 is 0 Å². The minimum absolute atomic E-state index is 0.00728. The number of nitrogens with zero attached hydrogens (tertiary/aromatic N) is 3. The number of carbonyl (C=O) groups excluding carboxylic acids is 2. The fourth-order valence-corrected chi connectivity index (χ4v) is 4.93. The summed E-state index contributed by atoms with van der Waals surface area (Å²) < 4.78 is 5.17. The second kappa shape index (κ2) is 9.61. The highest BCUT2D eigenvalue weighted by molar-refractivity contribution is 5.97. The maximum Gasteiger partial charge on any atom is 0.255 e. The Kier molecular flexibility index (Phi) is 6.21. The molecule has 1 N–H and O–H groups in total. The van der Waals surface area contributed by atoms with Gasteiger partial charge in [0.05, 0.1) is 31.4 Å². The molecule has 0 radical (unpaired) electrons. The summed E-state index contributed by atoms with van der Waals surface area (Å²) in [5, 5.41) is 10.0. The van der Waals surface area contributed by atoms with E-state index in [2.05, 4.69) is 16.8 Å². The van der Waals surface area contributed by atoms with Crippen LogP contribution >= 0.6 is 0 Å². The molecule has 2 saturated heterocycles. The van der Waals surface area contributed by atoms with Crippen LogP contribution in [0.5, 0.6) is 5.75 Å². The predicted molar refractivity (Wildman–Crippen MR) is 130 cm³/mol. The quantitative estimate of drug-likeness (QED) is 0.596. The van der Waals surface area contributed by atoms with Crippen molar-refractivity contribution < 1.29 is 19.4 Å².